The summed E-state index contributed by atoms with van der Waals surface area (Å²) < 4.78 is 12.6. The van der Waals surface area contributed by atoms with Gasteiger partial charge in [0, 0.05) is 48.7 Å². The van der Waals surface area contributed by atoms with E-state index in [-0.39, 0.29) is 18.0 Å². The maximum atomic E-state index is 13.9. The number of aromatic nitrogens is 5. The van der Waals surface area contributed by atoms with Gasteiger partial charge in [-0.25, -0.2) is 4.98 Å². The van der Waals surface area contributed by atoms with Crippen molar-refractivity contribution in [2.45, 2.75) is 57.8 Å². The van der Waals surface area contributed by atoms with Crippen LogP contribution in [-0.4, -0.2) is 60.4 Å². The molecule has 2 aromatic carbocycles. The van der Waals surface area contributed by atoms with E-state index >= 15 is 0 Å². The van der Waals surface area contributed by atoms with E-state index in [1.54, 1.807) is 7.11 Å². The molecule has 3 aromatic heterocycles. The van der Waals surface area contributed by atoms with Crippen LogP contribution in [0.25, 0.3) is 33.5 Å². The van der Waals surface area contributed by atoms with Crippen LogP contribution in [0.5, 0.6) is 5.75 Å². The highest BCUT2D eigenvalue weighted by Gasteiger charge is 2.47. The number of methoxy groups -OCH3 is 1. The molecule has 2 aliphatic carbocycles. The first kappa shape index (κ1) is 25.6. The van der Waals surface area contributed by atoms with Crippen LogP contribution in [0.15, 0.2) is 48.5 Å². The molecule has 8 rings (SSSR count). The van der Waals surface area contributed by atoms with Crippen molar-refractivity contribution in [1.82, 2.24) is 28.8 Å². The maximum absolute atomic E-state index is 13.9. The predicted octanol–water partition coefficient (Wildman–Crippen LogP) is 4.73. The number of aryl methyl sites for hydroxylation is 2. The number of hydrogen-bond donors (Lipinski definition) is 1. The average Bonchev–Trinajstić information content (AvgIpc) is 3.19. The van der Waals surface area contributed by atoms with Crippen molar-refractivity contribution in [2.75, 3.05) is 13.7 Å². The summed E-state index contributed by atoms with van der Waals surface area (Å²) in [4.78, 5) is 21.1. The van der Waals surface area contributed by atoms with Gasteiger partial charge in [0.2, 0.25) is 0 Å². The van der Waals surface area contributed by atoms with Crippen molar-refractivity contribution in [3.8, 4) is 17.3 Å². The minimum atomic E-state index is 0.0130. The Bertz CT molecular complexity index is 1860. The van der Waals surface area contributed by atoms with Crippen LogP contribution in [0.3, 0.4) is 0 Å². The van der Waals surface area contributed by atoms with Crippen LogP contribution < -0.4 is 10.5 Å². The molecule has 1 saturated heterocycles. The number of fused-ring (bicyclic) bond motifs is 4. The summed E-state index contributed by atoms with van der Waals surface area (Å²) in [5.74, 6) is 2.61. The molecule has 5 aromatic rings. The molecular formula is C33H37N7O2. The Morgan fingerprint density at radius 1 is 1.07 bits per heavy atom. The maximum Gasteiger partial charge on any atom is 0.254 e. The lowest BCUT2D eigenvalue weighted by atomic mass is 10.1. The third kappa shape index (κ3) is 3.97. The number of hydrogen-bond acceptors (Lipinski definition) is 5. The van der Waals surface area contributed by atoms with Gasteiger partial charge in [-0.3, -0.25) is 9.48 Å². The van der Waals surface area contributed by atoms with Crippen molar-refractivity contribution >= 4 is 27.8 Å². The van der Waals surface area contributed by atoms with Crippen molar-refractivity contribution in [2.24, 2.45) is 24.6 Å². The van der Waals surface area contributed by atoms with Gasteiger partial charge < -0.3 is 24.5 Å². The molecule has 42 heavy (non-hydrogen) atoms. The van der Waals surface area contributed by atoms with Gasteiger partial charge >= 0.3 is 0 Å². The lowest BCUT2D eigenvalue weighted by Crippen LogP contribution is -2.41. The summed E-state index contributed by atoms with van der Waals surface area (Å²) in [6.45, 7) is 4.28. The molecule has 9 heteroatoms. The molecule has 1 aliphatic heterocycles. The number of ether oxygens (including phenoxy) is 1. The summed E-state index contributed by atoms with van der Waals surface area (Å²) in [7, 11) is 3.65. The lowest BCUT2D eigenvalue weighted by molar-refractivity contribution is 0.0700. The molecule has 2 N–H and O–H groups in total. The first-order chi connectivity index (χ1) is 20.4. The quantitative estimate of drug-likeness (QED) is 0.309. The molecule has 0 spiro atoms. The molecule has 4 heterocycles. The Morgan fingerprint density at radius 2 is 1.90 bits per heavy atom. The van der Waals surface area contributed by atoms with Crippen LogP contribution in [0.1, 0.15) is 47.4 Å². The Kier molecular flexibility index (Phi) is 5.76. The van der Waals surface area contributed by atoms with E-state index in [0.717, 1.165) is 59.9 Å². The van der Waals surface area contributed by atoms with Crippen molar-refractivity contribution in [1.29, 1.82) is 0 Å². The van der Waals surface area contributed by atoms with Crippen LogP contribution in [0, 0.1) is 18.8 Å². The van der Waals surface area contributed by atoms with Crippen molar-refractivity contribution in [3.05, 3.63) is 65.5 Å². The van der Waals surface area contributed by atoms with Gasteiger partial charge in [-0.2, -0.15) is 5.10 Å². The molecule has 0 unspecified atom stereocenters. The highest BCUT2D eigenvalue weighted by atomic mass is 16.5. The number of imidazole rings is 1. The summed E-state index contributed by atoms with van der Waals surface area (Å²) in [6, 6.07) is 17.0. The van der Waals surface area contributed by atoms with Crippen LogP contribution in [0.4, 0.5) is 0 Å². The first-order valence-electron chi connectivity index (χ1n) is 15.1. The monoisotopic (exact) mass is 563 g/mol. The number of para-hydroxylation sites is 1. The molecule has 2 saturated carbocycles. The lowest BCUT2D eigenvalue weighted by Gasteiger charge is -2.27. The molecular weight excluding hydrogens is 526 g/mol. The normalized spacial score (nSPS) is 21.7. The van der Waals surface area contributed by atoms with E-state index in [1.807, 2.05) is 35.7 Å². The molecule has 9 nitrogen and oxygen atoms in total. The summed E-state index contributed by atoms with van der Waals surface area (Å²) in [5, 5.41) is 5.81. The van der Waals surface area contributed by atoms with Crippen LogP contribution in [-0.2, 0) is 20.1 Å². The van der Waals surface area contributed by atoms with Crippen LogP contribution in [0.2, 0.25) is 0 Å². The zero-order valence-electron chi connectivity index (χ0n) is 24.5. The molecule has 1 amide bonds. The number of benzene rings is 2. The number of rotatable bonds is 7. The Labute approximate surface area is 244 Å². The molecule has 2 bridgehead atoms. The molecule has 0 radical (unpaired) electrons. The first-order valence-corrected chi connectivity index (χ1v) is 15.1. The highest BCUT2D eigenvalue weighted by Crippen LogP contribution is 2.40. The van der Waals surface area contributed by atoms with E-state index in [2.05, 4.69) is 50.6 Å². The number of piperidine rings is 1. The summed E-state index contributed by atoms with van der Waals surface area (Å²) in [5.41, 5.74) is 13.0. The number of likely N-dealkylation sites (tertiary alicyclic amines) is 1. The minimum Gasteiger partial charge on any atom is -0.494 e. The number of nitrogens with zero attached hydrogens (tertiary/aromatic N) is 6. The minimum absolute atomic E-state index is 0.0130. The van der Waals surface area contributed by atoms with E-state index in [1.165, 1.54) is 23.7 Å². The number of carbonyl (C=O) groups is 1. The van der Waals surface area contributed by atoms with E-state index < -0.39 is 0 Å². The Balaban J connectivity index is 1.32. The topological polar surface area (TPSA) is 96.1 Å². The zero-order chi connectivity index (χ0) is 28.7. The van der Waals surface area contributed by atoms with Gasteiger partial charge in [-0.1, -0.05) is 18.2 Å². The smallest absolute Gasteiger partial charge is 0.254 e. The zero-order valence-corrected chi connectivity index (χ0v) is 24.5. The number of carbonyl (C=O) groups excluding carboxylic acids is 1. The fraction of sp³-hybridized carbons (Fsp3) is 0.424. The molecule has 3 fully saturated rings. The van der Waals surface area contributed by atoms with Gasteiger partial charge in [0.1, 0.15) is 11.3 Å². The highest BCUT2D eigenvalue weighted by molar-refractivity contribution is 6.00. The predicted molar refractivity (Wildman–Crippen MR) is 163 cm³/mol. The van der Waals surface area contributed by atoms with E-state index in [0.29, 0.717) is 29.7 Å². The summed E-state index contributed by atoms with van der Waals surface area (Å²) >= 11 is 0. The van der Waals surface area contributed by atoms with Gasteiger partial charge in [0.15, 0.2) is 5.82 Å². The fourth-order valence-electron chi connectivity index (χ4n) is 7.43. The van der Waals surface area contributed by atoms with E-state index in [4.69, 9.17) is 15.5 Å². The molecule has 216 valence electrons. The number of nitrogens with two attached hydrogens (primary N) is 1. The second-order valence-electron chi connectivity index (χ2n) is 12.6. The Hall–Kier alpha value is -4.11. The van der Waals surface area contributed by atoms with Gasteiger partial charge in [-0.15, -0.1) is 0 Å². The molecule has 3 aliphatic rings. The van der Waals surface area contributed by atoms with Crippen molar-refractivity contribution in [3.63, 3.8) is 0 Å². The second kappa shape index (κ2) is 9.46. The summed E-state index contributed by atoms with van der Waals surface area (Å²) in [6.07, 6.45) is 4.61. The third-order valence-electron chi connectivity index (χ3n) is 9.78. The number of amides is 1. The third-order valence-corrected chi connectivity index (χ3v) is 9.78. The van der Waals surface area contributed by atoms with Gasteiger partial charge in [0.25, 0.3) is 5.91 Å². The standard InChI is InChI=1S/C33H37N7O2/c1-19-12-24(37(2)36-19)18-40-31-25(13-23(15-29(31)42-3)33(41)39-17-22-10-11-27(39)30(22)34)35-32(40)28-14-21-6-4-5-7-26(21)38(28)16-20-8-9-20/h4-7,12-15,20,22,27,30H,8-11,16-18,34H2,1-3H3/t22-,27-,30-/m1/s1. The Morgan fingerprint density at radius 3 is 2.60 bits per heavy atom. The fourth-order valence-corrected chi connectivity index (χ4v) is 7.43. The van der Waals surface area contributed by atoms with Gasteiger partial charge in [0.05, 0.1) is 36.3 Å². The average molecular weight is 564 g/mol. The van der Waals surface area contributed by atoms with Gasteiger partial charge in [-0.05, 0) is 74.8 Å². The molecule has 3 atom stereocenters. The van der Waals surface area contributed by atoms with Crippen LogP contribution >= 0.6 is 0 Å². The van der Waals surface area contributed by atoms with Crippen molar-refractivity contribution < 1.29 is 9.53 Å². The second-order valence-corrected chi connectivity index (χ2v) is 12.6. The van der Waals surface area contributed by atoms with E-state index in [9.17, 15) is 4.79 Å². The SMILES string of the molecule is COc1cc(C(=O)N2C[C@H]3CC[C@@H]2[C@@H]3N)cc2nc(-c3cc4ccccc4n3CC3CC3)n(Cc3cc(C)nn3C)c12. The largest absolute Gasteiger partial charge is 0.494 e.